The molecule has 0 aliphatic carbocycles. The highest BCUT2D eigenvalue weighted by Gasteiger charge is 2.07. The van der Waals surface area contributed by atoms with Gasteiger partial charge in [0.1, 0.15) is 11.8 Å². The zero-order valence-corrected chi connectivity index (χ0v) is 9.47. The third kappa shape index (κ3) is 2.21. The molecule has 2 N–H and O–H groups in total. The smallest absolute Gasteiger partial charge is 0.150 e. The molecular weight excluding hydrogens is 212 g/mol. The second-order valence-corrected chi connectivity index (χ2v) is 3.70. The summed E-state index contributed by atoms with van der Waals surface area (Å²) >= 11 is 0. The van der Waals surface area contributed by atoms with Gasteiger partial charge in [-0.3, -0.25) is 0 Å². The quantitative estimate of drug-likeness (QED) is 0.796. The lowest BCUT2D eigenvalue weighted by molar-refractivity contribution is 0.483. The van der Waals surface area contributed by atoms with Crippen LogP contribution < -0.4 is 10.5 Å². The first-order valence-electron chi connectivity index (χ1n) is 5.24. The molecule has 0 unspecified atom stereocenters. The predicted molar refractivity (Wildman–Crippen MR) is 66.8 cm³/mol. The van der Waals surface area contributed by atoms with Crippen molar-refractivity contribution >= 4 is 5.69 Å². The van der Waals surface area contributed by atoms with E-state index in [1.165, 1.54) is 0 Å². The van der Waals surface area contributed by atoms with Crippen LogP contribution in [0.1, 0.15) is 11.1 Å². The molecule has 2 aromatic rings. The number of ether oxygens (including phenoxy) is 1. The summed E-state index contributed by atoms with van der Waals surface area (Å²) in [6.07, 6.45) is 0. The monoisotopic (exact) mass is 224 g/mol. The van der Waals surface area contributed by atoms with E-state index >= 15 is 0 Å². The number of aryl methyl sites for hydroxylation is 1. The lowest BCUT2D eigenvalue weighted by Gasteiger charge is -2.10. The van der Waals surface area contributed by atoms with Gasteiger partial charge < -0.3 is 10.5 Å². The van der Waals surface area contributed by atoms with Crippen LogP contribution in [0, 0.1) is 18.3 Å². The van der Waals surface area contributed by atoms with Crippen molar-refractivity contribution in [2.45, 2.75) is 6.92 Å². The van der Waals surface area contributed by atoms with Crippen molar-refractivity contribution in [3.05, 3.63) is 53.6 Å². The summed E-state index contributed by atoms with van der Waals surface area (Å²) in [5, 5.41) is 8.96. The summed E-state index contributed by atoms with van der Waals surface area (Å²) in [6.45, 7) is 1.92. The maximum Gasteiger partial charge on any atom is 0.150 e. The van der Waals surface area contributed by atoms with E-state index in [1.54, 1.807) is 24.3 Å². The third-order valence-corrected chi connectivity index (χ3v) is 2.51. The van der Waals surface area contributed by atoms with Crippen molar-refractivity contribution in [3.8, 4) is 17.6 Å². The number of anilines is 1. The zero-order valence-electron chi connectivity index (χ0n) is 9.47. The Labute approximate surface area is 100 Å². The van der Waals surface area contributed by atoms with E-state index in [0.29, 0.717) is 22.7 Å². The first-order valence-corrected chi connectivity index (χ1v) is 5.24. The summed E-state index contributed by atoms with van der Waals surface area (Å²) in [5.74, 6) is 1.10. The molecule has 3 nitrogen and oxygen atoms in total. The highest BCUT2D eigenvalue weighted by molar-refractivity contribution is 5.59. The zero-order chi connectivity index (χ0) is 12.3. The molecule has 0 saturated heterocycles. The van der Waals surface area contributed by atoms with Gasteiger partial charge in [0.05, 0.1) is 11.3 Å². The number of rotatable bonds is 2. The van der Waals surface area contributed by atoms with Crippen molar-refractivity contribution in [3.63, 3.8) is 0 Å². The molecule has 0 saturated carbocycles. The molecule has 0 aliphatic heterocycles. The van der Waals surface area contributed by atoms with E-state index in [2.05, 4.69) is 6.07 Å². The molecule has 3 heteroatoms. The molecular formula is C14H12N2O. The van der Waals surface area contributed by atoms with Crippen molar-refractivity contribution < 1.29 is 4.74 Å². The van der Waals surface area contributed by atoms with Crippen molar-refractivity contribution in [1.29, 1.82) is 5.26 Å². The van der Waals surface area contributed by atoms with Crippen LogP contribution in [-0.2, 0) is 0 Å². The fourth-order valence-electron chi connectivity index (χ4n) is 1.51. The maximum absolute atomic E-state index is 8.96. The van der Waals surface area contributed by atoms with Crippen molar-refractivity contribution in [2.24, 2.45) is 0 Å². The first-order chi connectivity index (χ1) is 8.22. The Bertz CT molecular complexity index is 585. The predicted octanol–water partition coefficient (Wildman–Crippen LogP) is 3.24. The molecule has 84 valence electrons. The second-order valence-electron chi connectivity index (χ2n) is 3.70. The second kappa shape index (κ2) is 4.58. The Morgan fingerprint density at radius 1 is 1.06 bits per heavy atom. The number of nitrogens with two attached hydrogens (primary N) is 1. The number of hydrogen-bond donors (Lipinski definition) is 1. The molecule has 0 bridgehead atoms. The van der Waals surface area contributed by atoms with E-state index in [1.807, 2.05) is 25.1 Å². The van der Waals surface area contributed by atoms with E-state index in [9.17, 15) is 0 Å². The molecule has 0 amide bonds. The van der Waals surface area contributed by atoms with Gasteiger partial charge in [-0.25, -0.2) is 0 Å². The Hall–Kier alpha value is -2.47. The lowest BCUT2D eigenvalue weighted by atomic mass is 10.2. The summed E-state index contributed by atoms with van der Waals surface area (Å²) in [5.41, 5.74) is 7.96. The molecule has 17 heavy (non-hydrogen) atoms. The summed E-state index contributed by atoms with van der Waals surface area (Å²) in [7, 11) is 0. The molecule has 0 radical (unpaired) electrons. The molecule has 0 fully saturated rings. The Morgan fingerprint density at radius 3 is 2.53 bits per heavy atom. The maximum atomic E-state index is 8.96. The molecule has 0 spiro atoms. The SMILES string of the molecule is Cc1cccc(Oc2ccccc2C#N)c1N. The van der Waals surface area contributed by atoms with E-state index in [4.69, 9.17) is 15.7 Å². The third-order valence-electron chi connectivity index (χ3n) is 2.51. The average Bonchev–Trinajstić information content (AvgIpc) is 2.35. The molecule has 0 atom stereocenters. The van der Waals surface area contributed by atoms with Crippen LogP contribution in [0.4, 0.5) is 5.69 Å². The molecule has 2 rings (SSSR count). The normalized spacial score (nSPS) is 9.65. The summed E-state index contributed by atoms with van der Waals surface area (Å²) in [6, 6.07) is 14.7. The Morgan fingerprint density at radius 2 is 1.76 bits per heavy atom. The molecule has 2 aromatic carbocycles. The fourth-order valence-corrected chi connectivity index (χ4v) is 1.51. The lowest BCUT2D eigenvalue weighted by Crippen LogP contribution is -1.95. The van der Waals surface area contributed by atoms with Gasteiger partial charge >= 0.3 is 0 Å². The molecule has 0 heterocycles. The largest absolute Gasteiger partial charge is 0.454 e. The van der Waals surface area contributed by atoms with Gasteiger partial charge in [-0.05, 0) is 30.7 Å². The molecule has 0 aromatic heterocycles. The average molecular weight is 224 g/mol. The summed E-state index contributed by atoms with van der Waals surface area (Å²) < 4.78 is 5.66. The first kappa shape index (κ1) is 11.0. The van der Waals surface area contributed by atoms with Gasteiger partial charge in [-0.1, -0.05) is 24.3 Å². The number of nitrogen functional groups attached to an aromatic ring is 1. The van der Waals surface area contributed by atoms with Gasteiger partial charge in [-0.15, -0.1) is 0 Å². The number of nitrogens with zero attached hydrogens (tertiary/aromatic N) is 1. The molecule has 0 aliphatic rings. The summed E-state index contributed by atoms with van der Waals surface area (Å²) in [4.78, 5) is 0. The van der Waals surface area contributed by atoms with Crippen molar-refractivity contribution in [1.82, 2.24) is 0 Å². The van der Waals surface area contributed by atoms with Gasteiger partial charge in [0.25, 0.3) is 0 Å². The fraction of sp³-hybridized carbons (Fsp3) is 0.0714. The minimum absolute atomic E-state index is 0.494. The highest BCUT2D eigenvalue weighted by atomic mass is 16.5. The van der Waals surface area contributed by atoms with E-state index in [-0.39, 0.29) is 0 Å². The van der Waals surface area contributed by atoms with Gasteiger partial charge in [0, 0.05) is 0 Å². The van der Waals surface area contributed by atoms with E-state index < -0.39 is 0 Å². The topological polar surface area (TPSA) is 59.0 Å². The number of hydrogen-bond acceptors (Lipinski definition) is 3. The number of para-hydroxylation sites is 2. The van der Waals surface area contributed by atoms with Crippen LogP contribution in [0.15, 0.2) is 42.5 Å². The number of benzene rings is 2. The Balaban J connectivity index is 2.39. The van der Waals surface area contributed by atoms with Crippen LogP contribution in [0.25, 0.3) is 0 Å². The minimum atomic E-state index is 0.494. The van der Waals surface area contributed by atoms with Gasteiger partial charge in [0.2, 0.25) is 0 Å². The van der Waals surface area contributed by atoms with Crippen LogP contribution in [0.3, 0.4) is 0 Å². The minimum Gasteiger partial charge on any atom is -0.454 e. The van der Waals surface area contributed by atoms with Gasteiger partial charge in [-0.2, -0.15) is 5.26 Å². The van der Waals surface area contributed by atoms with Crippen LogP contribution in [0.2, 0.25) is 0 Å². The van der Waals surface area contributed by atoms with Crippen LogP contribution >= 0.6 is 0 Å². The van der Waals surface area contributed by atoms with Crippen LogP contribution in [0.5, 0.6) is 11.5 Å². The van der Waals surface area contributed by atoms with Gasteiger partial charge in [0.15, 0.2) is 5.75 Å². The van der Waals surface area contributed by atoms with Crippen LogP contribution in [-0.4, -0.2) is 0 Å². The van der Waals surface area contributed by atoms with E-state index in [0.717, 1.165) is 5.56 Å². The Kier molecular flexibility index (Phi) is 2.97. The standard InChI is InChI=1S/C14H12N2O/c1-10-5-4-8-13(14(10)16)17-12-7-3-2-6-11(12)9-15/h2-8H,16H2,1H3. The van der Waals surface area contributed by atoms with Crippen molar-refractivity contribution in [2.75, 3.05) is 5.73 Å². The number of nitriles is 1. The highest BCUT2D eigenvalue weighted by Crippen LogP contribution is 2.31.